The molecular weight excluding hydrogens is 574 g/mol. The van der Waals surface area contributed by atoms with Crippen molar-refractivity contribution in [2.75, 3.05) is 20.3 Å². The zero-order valence-corrected chi connectivity index (χ0v) is 23.5. The van der Waals surface area contributed by atoms with Gasteiger partial charge in [-0.05, 0) is 71.3 Å². The van der Waals surface area contributed by atoms with Gasteiger partial charge < -0.3 is 13.7 Å². The molecule has 0 atom stereocenters. The van der Waals surface area contributed by atoms with Crippen LogP contribution in [-0.4, -0.2) is 44.7 Å². The molecular formula is C29H22ClNO7S2. The predicted molar refractivity (Wildman–Crippen MR) is 154 cm³/mol. The molecule has 2 amide bonds. The van der Waals surface area contributed by atoms with Gasteiger partial charge in [-0.3, -0.25) is 14.5 Å². The summed E-state index contributed by atoms with van der Waals surface area (Å²) in [5.41, 5.74) is 0.519. The Bertz CT molecular complexity index is 1730. The van der Waals surface area contributed by atoms with Gasteiger partial charge in [-0.15, -0.1) is 0 Å². The highest BCUT2D eigenvalue weighted by Crippen LogP contribution is 2.35. The standard InChI is InChI=1S/C29H22ClNO7S2/c1-36-26-17-19(9-14-25(26)38-40(34,35)22-12-10-21(30)11-13-22)18-27-28(32)31(29(33)39-27)15-16-37-24-8-4-6-20-5-2-3-7-23(20)24/h2-14,17-18H,15-16H2,1H3/b27-18-. The number of imide groups is 1. The Labute approximate surface area is 240 Å². The summed E-state index contributed by atoms with van der Waals surface area (Å²) in [5.74, 6) is 0.330. The molecule has 204 valence electrons. The third kappa shape index (κ3) is 5.94. The Morgan fingerprint density at radius 1 is 0.900 bits per heavy atom. The number of methoxy groups -OCH3 is 1. The maximum atomic E-state index is 13.0. The highest BCUT2D eigenvalue weighted by molar-refractivity contribution is 8.18. The van der Waals surface area contributed by atoms with Crippen LogP contribution in [0.5, 0.6) is 17.2 Å². The number of fused-ring (bicyclic) bond motifs is 1. The molecule has 4 aromatic carbocycles. The second kappa shape index (κ2) is 11.6. The minimum atomic E-state index is -4.14. The van der Waals surface area contributed by atoms with Crippen LogP contribution in [0.4, 0.5) is 4.79 Å². The number of amides is 2. The average Bonchev–Trinajstić information content (AvgIpc) is 3.21. The molecule has 40 heavy (non-hydrogen) atoms. The molecule has 0 radical (unpaired) electrons. The van der Waals surface area contributed by atoms with Crippen molar-refractivity contribution in [2.45, 2.75) is 4.90 Å². The summed E-state index contributed by atoms with van der Waals surface area (Å²) < 4.78 is 41.8. The van der Waals surface area contributed by atoms with Gasteiger partial charge >= 0.3 is 10.1 Å². The summed E-state index contributed by atoms with van der Waals surface area (Å²) >= 11 is 6.65. The van der Waals surface area contributed by atoms with E-state index in [0.717, 1.165) is 27.4 Å². The topological polar surface area (TPSA) is 99.2 Å². The lowest BCUT2D eigenvalue weighted by Crippen LogP contribution is -2.32. The Balaban J connectivity index is 1.27. The number of hydrogen-bond donors (Lipinski definition) is 0. The Kier molecular flexibility index (Phi) is 8.02. The van der Waals surface area contributed by atoms with Crippen LogP contribution >= 0.6 is 23.4 Å². The zero-order valence-electron chi connectivity index (χ0n) is 21.1. The number of ether oxygens (including phenoxy) is 2. The van der Waals surface area contributed by atoms with E-state index in [1.165, 1.54) is 49.6 Å². The summed E-state index contributed by atoms with van der Waals surface area (Å²) in [6, 6.07) is 23.6. The molecule has 0 saturated carbocycles. The van der Waals surface area contributed by atoms with Crippen molar-refractivity contribution in [3.05, 3.63) is 100 Å². The number of carbonyl (C=O) groups excluding carboxylic acids is 2. The van der Waals surface area contributed by atoms with Gasteiger partial charge in [0.05, 0.1) is 18.6 Å². The van der Waals surface area contributed by atoms with Gasteiger partial charge in [0.2, 0.25) is 0 Å². The minimum Gasteiger partial charge on any atom is -0.493 e. The molecule has 1 saturated heterocycles. The van der Waals surface area contributed by atoms with E-state index in [-0.39, 0.29) is 34.5 Å². The highest BCUT2D eigenvalue weighted by atomic mass is 35.5. The van der Waals surface area contributed by atoms with Crippen molar-refractivity contribution in [1.29, 1.82) is 0 Å². The van der Waals surface area contributed by atoms with E-state index in [2.05, 4.69) is 0 Å². The fourth-order valence-electron chi connectivity index (χ4n) is 4.02. The smallest absolute Gasteiger partial charge is 0.339 e. The van der Waals surface area contributed by atoms with Crippen molar-refractivity contribution in [1.82, 2.24) is 4.90 Å². The van der Waals surface area contributed by atoms with Crippen molar-refractivity contribution in [3.63, 3.8) is 0 Å². The van der Waals surface area contributed by atoms with Gasteiger partial charge in [-0.25, -0.2) is 0 Å². The molecule has 0 unspecified atom stereocenters. The van der Waals surface area contributed by atoms with E-state index in [9.17, 15) is 18.0 Å². The number of thioether (sulfide) groups is 1. The summed E-state index contributed by atoms with van der Waals surface area (Å²) in [4.78, 5) is 26.8. The van der Waals surface area contributed by atoms with Crippen molar-refractivity contribution in [2.24, 2.45) is 0 Å². The lowest BCUT2D eigenvalue weighted by atomic mass is 10.1. The van der Waals surface area contributed by atoms with Crippen LogP contribution in [0.3, 0.4) is 0 Å². The van der Waals surface area contributed by atoms with E-state index >= 15 is 0 Å². The molecule has 1 aliphatic rings. The molecule has 1 aliphatic heterocycles. The molecule has 1 fully saturated rings. The van der Waals surface area contributed by atoms with Crippen molar-refractivity contribution in [3.8, 4) is 17.2 Å². The number of halogens is 1. The van der Waals surface area contributed by atoms with E-state index in [1.54, 1.807) is 6.07 Å². The van der Waals surface area contributed by atoms with E-state index < -0.39 is 21.3 Å². The van der Waals surface area contributed by atoms with Gasteiger partial charge in [-0.1, -0.05) is 54.1 Å². The number of benzene rings is 4. The fourth-order valence-corrected chi connectivity index (χ4v) is 5.95. The van der Waals surface area contributed by atoms with Crippen LogP contribution in [0.1, 0.15) is 5.56 Å². The maximum absolute atomic E-state index is 13.0. The molecule has 11 heteroatoms. The SMILES string of the molecule is COc1cc(/C=C2\SC(=O)N(CCOc3cccc4ccccc34)C2=O)ccc1OS(=O)(=O)c1ccc(Cl)cc1. The molecule has 0 aromatic heterocycles. The highest BCUT2D eigenvalue weighted by Gasteiger charge is 2.35. The first-order valence-corrected chi connectivity index (χ1v) is 14.6. The summed E-state index contributed by atoms with van der Waals surface area (Å²) in [6.45, 7) is 0.227. The van der Waals surface area contributed by atoms with Crippen LogP contribution in [-0.2, 0) is 14.9 Å². The number of nitrogens with zero attached hydrogens (tertiary/aromatic N) is 1. The van der Waals surface area contributed by atoms with E-state index in [0.29, 0.717) is 16.3 Å². The van der Waals surface area contributed by atoms with Gasteiger partial charge in [0.1, 0.15) is 17.3 Å². The fraction of sp³-hybridized carbons (Fsp3) is 0.103. The summed E-state index contributed by atoms with van der Waals surface area (Å²) in [6.07, 6.45) is 1.54. The zero-order chi connectivity index (χ0) is 28.3. The molecule has 8 nitrogen and oxygen atoms in total. The third-order valence-corrected chi connectivity index (χ3v) is 8.39. The third-order valence-electron chi connectivity index (χ3n) is 5.98. The largest absolute Gasteiger partial charge is 0.493 e. The molecule has 4 aromatic rings. The molecule has 5 rings (SSSR count). The van der Waals surface area contributed by atoms with Crippen molar-refractivity contribution >= 4 is 61.5 Å². The van der Waals surface area contributed by atoms with Crippen LogP contribution in [0.15, 0.2) is 94.7 Å². The number of rotatable bonds is 9. The molecule has 0 spiro atoms. The average molecular weight is 596 g/mol. The first-order chi connectivity index (χ1) is 19.2. The molecule has 0 N–H and O–H groups in total. The maximum Gasteiger partial charge on any atom is 0.339 e. The minimum absolute atomic E-state index is 0.0340. The Morgan fingerprint density at radius 3 is 2.42 bits per heavy atom. The molecule has 0 bridgehead atoms. The second-order valence-corrected chi connectivity index (χ2v) is 11.5. The van der Waals surface area contributed by atoms with Crippen LogP contribution < -0.4 is 13.7 Å². The molecule has 0 aliphatic carbocycles. The lowest BCUT2D eigenvalue weighted by Gasteiger charge is -2.14. The Hall–Kier alpha value is -3.99. The van der Waals surface area contributed by atoms with Crippen LogP contribution in [0, 0.1) is 0 Å². The van der Waals surface area contributed by atoms with Gasteiger partial charge in [0.15, 0.2) is 11.5 Å². The van der Waals surface area contributed by atoms with Crippen molar-refractivity contribution < 1.29 is 31.7 Å². The number of hydrogen-bond acceptors (Lipinski definition) is 8. The normalized spacial score (nSPS) is 14.7. The first-order valence-electron chi connectivity index (χ1n) is 12.0. The summed E-state index contributed by atoms with van der Waals surface area (Å²) in [5, 5.41) is 1.96. The monoisotopic (exact) mass is 595 g/mol. The van der Waals surface area contributed by atoms with Gasteiger partial charge in [-0.2, -0.15) is 8.42 Å². The van der Waals surface area contributed by atoms with Crippen LogP contribution in [0.2, 0.25) is 5.02 Å². The lowest BCUT2D eigenvalue weighted by molar-refractivity contribution is -0.123. The van der Waals surface area contributed by atoms with E-state index in [1.807, 2.05) is 42.5 Å². The summed E-state index contributed by atoms with van der Waals surface area (Å²) in [7, 11) is -2.77. The predicted octanol–water partition coefficient (Wildman–Crippen LogP) is 6.38. The second-order valence-electron chi connectivity index (χ2n) is 8.56. The van der Waals surface area contributed by atoms with Gasteiger partial charge in [0, 0.05) is 10.4 Å². The quantitative estimate of drug-likeness (QED) is 0.162. The molecule has 1 heterocycles. The Morgan fingerprint density at radius 2 is 1.65 bits per heavy atom. The number of carbonyl (C=O) groups is 2. The van der Waals surface area contributed by atoms with E-state index in [4.69, 9.17) is 25.3 Å². The first kappa shape index (κ1) is 27.6. The van der Waals surface area contributed by atoms with Gasteiger partial charge in [0.25, 0.3) is 11.1 Å². The van der Waals surface area contributed by atoms with Crippen LogP contribution in [0.25, 0.3) is 16.8 Å².